The van der Waals surface area contributed by atoms with Crippen molar-refractivity contribution in [2.75, 3.05) is 0 Å². The van der Waals surface area contributed by atoms with E-state index in [0.717, 1.165) is 6.29 Å². The van der Waals surface area contributed by atoms with Gasteiger partial charge in [0.1, 0.15) is 0 Å². The van der Waals surface area contributed by atoms with Gasteiger partial charge in [0.2, 0.25) is 0 Å². The Balaban J connectivity index is 2.02. The van der Waals surface area contributed by atoms with Crippen LogP contribution in [-0.2, 0) is 7.05 Å². The van der Waals surface area contributed by atoms with E-state index >= 15 is 0 Å². The summed E-state index contributed by atoms with van der Waals surface area (Å²) >= 11 is 0. The standard InChI is InChI=1S/C11H12N4O/c1-14-5-10(7-16)11(13-14)15-6-9(4-12-15)8-2-3-8/h4-8H,2-3H2,1H3. The normalized spacial score (nSPS) is 15.3. The number of aldehydes is 1. The molecule has 0 N–H and O–H groups in total. The number of carbonyl (C=O) groups excluding carboxylic acids is 1. The van der Waals surface area contributed by atoms with Crippen molar-refractivity contribution >= 4 is 6.29 Å². The molecule has 5 nitrogen and oxygen atoms in total. The van der Waals surface area contributed by atoms with Crippen molar-refractivity contribution in [3.8, 4) is 5.82 Å². The lowest BCUT2D eigenvalue weighted by molar-refractivity contribution is 0.112. The fourth-order valence-electron chi connectivity index (χ4n) is 1.84. The maximum atomic E-state index is 10.9. The van der Waals surface area contributed by atoms with E-state index in [4.69, 9.17) is 0 Å². The van der Waals surface area contributed by atoms with Crippen LogP contribution in [0.2, 0.25) is 0 Å². The van der Waals surface area contributed by atoms with Crippen LogP contribution in [0.5, 0.6) is 0 Å². The minimum absolute atomic E-state index is 0.563. The number of aryl methyl sites for hydroxylation is 1. The Kier molecular flexibility index (Phi) is 1.92. The topological polar surface area (TPSA) is 52.7 Å². The molecule has 2 aromatic heterocycles. The van der Waals surface area contributed by atoms with Crippen molar-refractivity contribution in [1.82, 2.24) is 19.6 Å². The van der Waals surface area contributed by atoms with Gasteiger partial charge in [-0.2, -0.15) is 10.2 Å². The van der Waals surface area contributed by atoms with Crippen molar-refractivity contribution in [1.29, 1.82) is 0 Å². The summed E-state index contributed by atoms with van der Waals surface area (Å²) in [5.74, 6) is 1.27. The largest absolute Gasteiger partial charge is 0.298 e. The van der Waals surface area contributed by atoms with E-state index in [1.165, 1.54) is 18.4 Å². The van der Waals surface area contributed by atoms with Crippen LogP contribution in [-0.4, -0.2) is 25.8 Å². The summed E-state index contributed by atoms with van der Waals surface area (Å²) in [6, 6.07) is 0. The van der Waals surface area contributed by atoms with Gasteiger partial charge in [0.05, 0.1) is 11.8 Å². The molecule has 1 saturated carbocycles. The third-order valence-electron chi connectivity index (χ3n) is 2.83. The van der Waals surface area contributed by atoms with E-state index in [1.807, 2.05) is 12.4 Å². The SMILES string of the molecule is Cn1cc(C=O)c(-n2cc(C3CC3)cn2)n1. The Morgan fingerprint density at radius 1 is 1.44 bits per heavy atom. The van der Waals surface area contributed by atoms with Crippen LogP contribution in [0.1, 0.15) is 34.7 Å². The highest BCUT2D eigenvalue weighted by Gasteiger charge is 2.25. The Bertz CT molecular complexity index is 536. The van der Waals surface area contributed by atoms with E-state index in [2.05, 4.69) is 10.2 Å². The van der Waals surface area contributed by atoms with Gasteiger partial charge in [0.15, 0.2) is 12.1 Å². The second kappa shape index (κ2) is 3.30. The molecule has 0 bridgehead atoms. The smallest absolute Gasteiger partial charge is 0.185 e. The lowest BCUT2D eigenvalue weighted by Gasteiger charge is -1.95. The first kappa shape index (κ1) is 9.33. The first-order valence-electron chi connectivity index (χ1n) is 5.31. The average Bonchev–Trinajstić information content (AvgIpc) is 2.89. The van der Waals surface area contributed by atoms with Crippen molar-refractivity contribution < 1.29 is 4.79 Å². The fraction of sp³-hybridized carbons (Fsp3) is 0.364. The lowest BCUT2D eigenvalue weighted by Crippen LogP contribution is -1.99. The van der Waals surface area contributed by atoms with Crippen LogP contribution in [0.25, 0.3) is 5.82 Å². The molecule has 5 heteroatoms. The van der Waals surface area contributed by atoms with Crippen LogP contribution in [0.4, 0.5) is 0 Å². The van der Waals surface area contributed by atoms with Crippen LogP contribution in [0.15, 0.2) is 18.6 Å². The summed E-state index contributed by atoms with van der Waals surface area (Å²) in [6.07, 6.45) is 8.82. The zero-order chi connectivity index (χ0) is 11.1. The minimum atomic E-state index is 0.563. The van der Waals surface area contributed by atoms with E-state index in [1.54, 1.807) is 22.6 Å². The van der Waals surface area contributed by atoms with Crippen molar-refractivity contribution in [3.05, 3.63) is 29.7 Å². The summed E-state index contributed by atoms with van der Waals surface area (Å²) in [6.45, 7) is 0. The maximum absolute atomic E-state index is 10.9. The van der Waals surface area contributed by atoms with Crippen molar-refractivity contribution in [2.45, 2.75) is 18.8 Å². The van der Waals surface area contributed by atoms with Crippen molar-refractivity contribution in [3.63, 3.8) is 0 Å². The molecular formula is C11H12N4O. The molecule has 3 rings (SSSR count). The number of hydrogen-bond donors (Lipinski definition) is 0. The number of aromatic nitrogens is 4. The molecule has 1 fully saturated rings. The van der Waals surface area contributed by atoms with Gasteiger partial charge in [-0.15, -0.1) is 0 Å². The molecular weight excluding hydrogens is 204 g/mol. The third-order valence-corrected chi connectivity index (χ3v) is 2.83. The summed E-state index contributed by atoms with van der Waals surface area (Å²) in [5.41, 5.74) is 1.80. The molecule has 0 amide bonds. The molecule has 2 heterocycles. The van der Waals surface area contributed by atoms with Crippen LogP contribution in [0.3, 0.4) is 0 Å². The summed E-state index contributed by atoms with van der Waals surface area (Å²) < 4.78 is 3.30. The van der Waals surface area contributed by atoms with Crippen LogP contribution >= 0.6 is 0 Å². The molecule has 16 heavy (non-hydrogen) atoms. The summed E-state index contributed by atoms with van der Waals surface area (Å²) in [5, 5.41) is 8.48. The van der Waals surface area contributed by atoms with Gasteiger partial charge in [-0.05, 0) is 24.3 Å². The zero-order valence-corrected chi connectivity index (χ0v) is 9.00. The first-order valence-corrected chi connectivity index (χ1v) is 5.31. The van der Waals surface area contributed by atoms with Crippen LogP contribution < -0.4 is 0 Å². The highest BCUT2D eigenvalue weighted by Crippen LogP contribution is 2.39. The number of carbonyl (C=O) groups is 1. The second-order valence-electron chi connectivity index (χ2n) is 4.19. The van der Waals surface area contributed by atoms with E-state index in [9.17, 15) is 4.79 Å². The fourth-order valence-corrected chi connectivity index (χ4v) is 1.84. The predicted octanol–water partition coefficient (Wildman–Crippen LogP) is 1.30. The van der Waals surface area contributed by atoms with Gasteiger partial charge in [0, 0.05) is 19.4 Å². The molecule has 2 aromatic rings. The van der Waals surface area contributed by atoms with Gasteiger partial charge in [-0.25, -0.2) is 4.68 Å². The Morgan fingerprint density at radius 2 is 2.25 bits per heavy atom. The number of rotatable bonds is 3. The highest BCUT2D eigenvalue weighted by molar-refractivity contribution is 5.79. The Hall–Kier alpha value is -1.91. The Labute approximate surface area is 92.7 Å². The second-order valence-corrected chi connectivity index (χ2v) is 4.19. The van der Waals surface area contributed by atoms with Crippen LogP contribution in [0, 0.1) is 0 Å². The average molecular weight is 216 g/mol. The highest BCUT2D eigenvalue weighted by atomic mass is 16.1. The minimum Gasteiger partial charge on any atom is -0.298 e. The van der Waals surface area contributed by atoms with Gasteiger partial charge < -0.3 is 0 Å². The molecule has 0 atom stereocenters. The maximum Gasteiger partial charge on any atom is 0.185 e. The van der Waals surface area contributed by atoms with Gasteiger partial charge in [0.25, 0.3) is 0 Å². The van der Waals surface area contributed by atoms with E-state index in [-0.39, 0.29) is 0 Å². The quantitative estimate of drug-likeness (QED) is 0.726. The molecule has 0 aliphatic heterocycles. The lowest BCUT2D eigenvalue weighted by atomic mass is 10.2. The monoisotopic (exact) mass is 216 g/mol. The van der Waals surface area contributed by atoms with E-state index < -0.39 is 0 Å². The molecule has 1 aliphatic carbocycles. The zero-order valence-electron chi connectivity index (χ0n) is 9.00. The Morgan fingerprint density at radius 3 is 2.94 bits per heavy atom. The molecule has 0 spiro atoms. The summed E-state index contributed by atoms with van der Waals surface area (Å²) in [7, 11) is 1.79. The molecule has 82 valence electrons. The van der Waals surface area contributed by atoms with Gasteiger partial charge in [-0.1, -0.05) is 0 Å². The van der Waals surface area contributed by atoms with Gasteiger partial charge in [-0.3, -0.25) is 9.48 Å². The molecule has 0 unspecified atom stereocenters. The molecule has 0 saturated heterocycles. The predicted molar refractivity (Wildman–Crippen MR) is 57.7 cm³/mol. The first-order chi connectivity index (χ1) is 7.78. The number of hydrogen-bond acceptors (Lipinski definition) is 3. The molecule has 1 aliphatic rings. The van der Waals surface area contributed by atoms with E-state index in [0.29, 0.717) is 17.3 Å². The third kappa shape index (κ3) is 1.44. The molecule has 0 aromatic carbocycles. The van der Waals surface area contributed by atoms with Crippen molar-refractivity contribution in [2.24, 2.45) is 7.05 Å². The van der Waals surface area contributed by atoms with Gasteiger partial charge >= 0.3 is 0 Å². The number of nitrogens with zero attached hydrogens (tertiary/aromatic N) is 4. The molecule has 0 radical (unpaired) electrons. The summed E-state index contributed by atoms with van der Waals surface area (Å²) in [4.78, 5) is 10.9.